The van der Waals surface area contributed by atoms with E-state index in [9.17, 15) is 4.79 Å². The summed E-state index contributed by atoms with van der Waals surface area (Å²) in [4.78, 5) is 10.3. The number of rotatable bonds is 3. The van der Waals surface area contributed by atoms with Crippen molar-refractivity contribution in [3.8, 4) is 11.5 Å². The molecule has 21 heavy (non-hydrogen) atoms. The molecular weight excluding hydrogens is 270 g/mol. The van der Waals surface area contributed by atoms with Crippen LogP contribution in [-0.2, 0) is 6.42 Å². The Bertz CT molecular complexity index is 582. The third-order valence-electron chi connectivity index (χ3n) is 2.61. The summed E-state index contributed by atoms with van der Waals surface area (Å²) >= 11 is 0. The van der Waals surface area contributed by atoms with E-state index in [1.807, 2.05) is 25.1 Å². The molecule has 5 heteroatoms. The van der Waals surface area contributed by atoms with Gasteiger partial charge >= 0.3 is 5.97 Å². The summed E-state index contributed by atoms with van der Waals surface area (Å²) in [5.41, 5.74) is 6.64. The van der Waals surface area contributed by atoms with Crippen LogP contribution in [0.4, 0.5) is 0 Å². The standard InChI is InChI=1S/C9H13N.C7H6O4/c1-8(10)7-9-5-3-2-4-6-9;8-4-1-2-6(9)5(3-4)7(10)11/h2-6,8H,7,10H2,1H3;1-3,8-9H,(H,10,11). The lowest BCUT2D eigenvalue weighted by Crippen LogP contribution is -2.17. The number of phenolic OH excluding ortho intramolecular Hbond substituents is 1. The molecule has 2 aromatic carbocycles. The minimum Gasteiger partial charge on any atom is -0.508 e. The van der Waals surface area contributed by atoms with Crippen molar-refractivity contribution in [3.05, 3.63) is 59.7 Å². The Hall–Kier alpha value is -2.53. The average molecular weight is 289 g/mol. The highest BCUT2D eigenvalue weighted by Gasteiger charge is 2.08. The molecule has 0 saturated carbocycles. The fourth-order valence-electron chi connectivity index (χ4n) is 1.68. The molecule has 0 aliphatic carbocycles. The Balaban J connectivity index is 0.000000211. The predicted octanol–water partition coefficient (Wildman–Crippen LogP) is 2.37. The molecule has 2 aromatic rings. The Labute approximate surface area is 123 Å². The molecule has 0 aliphatic heterocycles. The topological polar surface area (TPSA) is 104 Å². The van der Waals surface area contributed by atoms with Crippen molar-refractivity contribution in [2.24, 2.45) is 5.73 Å². The van der Waals surface area contributed by atoms with E-state index < -0.39 is 5.97 Å². The molecule has 5 N–H and O–H groups in total. The van der Waals surface area contributed by atoms with E-state index in [2.05, 4.69) is 12.1 Å². The van der Waals surface area contributed by atoms with Gasteiger partial charge in [-0.1, -0.05) is 30.3 Å². The molecule has 0 spiro atoms. The maximum atomic E-state index is 10.3. The summed E-state index contributed by atoms with van der Waals surface area (Å²) in [5, 5.41) is 26.1. The molecule has 5 nitrogen and oxygen atoms in total. The van der Waals surface area contributed by atoms with Crippen LogP contribution in [0.3, 0.4) is 0 Å². The molecular formula is C16H19NO4. The summed E-state index contributed by atoms with van der Waals surface area (Å²) in [7, 11) is 0. The molecule has 0 aliphatic rings. The highest BCUT2D eigenvalue weighted by molar-refractivity contribution is 5.91. The van der Waals surface area contributed by atoms with Gasteiger partial charge in [-0.15, -0.1) is 0 Å². The van der Waals surface area contributed by atoms with Crippen LogP contribution < -0.4 is 5.73 Å². The van der Waals surface area contributed by atoms with Gasteiger partial charge in [0.1, 0.15) is 17.1 Å². The van der Waals surface area contributed by atoms with E-state index in [0.717, 1.165) is 18.6 Å². The summed E-state index contributed by atoms with van der Waals surface area (Å²) in [6.45, 7) is 2.02. The van der Waals surface area contributed by atoms with Gasteiger partial charge in [-0.25, -0.2) is 4.79 Å². The Morgan fingerprint density at radius 3 is 2.24 bits per heavy atom. The molecule has 0 saturated heterocycles. The molecule has 1 unspecified atom stereocenters. The first-order valence-corrected chi connectivity index (χ1v) is 6.45. The average Bonchev–Trinajstić information content (AvgIpc) is 2.42. The maximum Gasteiger partial charge on any atom is 0.339 e. The van der Waals surface area contributed by atoms with Gasteiger partial charge in [0, 0.05) is 6.04 Å². The van der Waals surface area contributed by atoms with Gasteiger partial charge in [0.2, 0.25) is 0 Å². The molecule has 0 amide bonds. The fourth-order valence-corrected chi connectivity index (χ4v) is 1.68. The fraction of sp³-hybridized carbons (Fsp3) is 0.188. The molecule has 0 bridgehead atoms. The van der Waals surface area contributed by atoms with Crippen LogP contribution in [0, 0.1) is 0 Å². The quantitative estimate of drug-likeness (QED) is 0.649. The number of nitrogens with two attached hydrogens (primary N) is 1. The van der Waals surface area contributed by atoms with Crippen molar-refractivity contribution in [1.29, 1.82) is 0 Å². The summed E-state index contributed by atoms with van der Waals surface area (Å²) in [6, 6.07) is 13.9. The van der Waals surface area contributed by atoms with Crippen LogP contribution >= 0.6 is 0 Å². The third kappa shape index (κ3) is 5.97. The van der Waals surface area contributed by atoms with Crippen LogP contribution in [-0.4, -0.2) is 27.3 Å². The Morgan fingerprint density at radius 1 is 1.14 bits per heavy atom. The van der Waals surface area contributed by atoms with E-state index in [1.165, 1.54) is 11.6 Å². The smallest absolute Gasteiger partial charge is 0.339 e. The second kappa shape index (κ2) is 7.91. The molecule has 0 aromatic heterocycles. The monoisotopic (exact) mass is 289 g/mol. The van der Waals surface area contributed by atoms with Gasteiger partial charge in [0.25, 0.3) is 0 Å². The summed E-state index contributed by atoms with van der Waals surface area (Å²) in [5.74, 6) is -1.80. The number of carbonyl (C=O) groups is 1. The van der Waals surface area contributed by atoms with E-state index in [4.69, 9.17) is 21.1 Å². The number of hydrogen-bond acceptors (Lipinski definition) is 4. The lowest BCUT2D eigenvalue weighted by molar-refractivity contribution is 0.0693. The SMILES string of the molecule is CC(N)Cc1ccccc1.O=C(O)c1cc(O)ccc1O. The summed E-state index contributed by atoms with van der Waals surface area (Å²) < 4.78 is 0. The number of phenols is 2. The van der Waals surface area contributed by atoms with Gasteiger partial charge in [-0.3, -0.25) is 0 Å². The molecule has 0 heterocycles. The van der Waals surface area contributed by atoms with Gasteiger partial charge in [-0.2, -0.15) is 0 Å². The van der Waals surface area contributed by atoms with E-state index in [-0.39, 0.29) is 23.1 Å². The highest BCUT2D eigenvalue weighted by atomic mass is 16.4. The van der Waals surface area contributed by atoms with Crippen LogP contribution in [0.1, 0.15) is 22.8 Å². The van der Waals surface area contributed by atoms with Crippen LogP contribution in [0.15, 0.2) is 48.5 Å². The van der Waals surface area contributed by atoms with Crippen molar-refractivity contribution < 1.29 is 20.1 Å². The summed E-state index contributed by atoms with van der Waals surface area (Å²) in [6.07, 6.45) is 0.973. The number of aromatic carboxylic acids is 1. The lowest BCUT2D eigenvalue weighted by atomic mass is 10.1. The number of aromatic hydroxyl groups is 2. The number of carboxylic acids is 1. The minimum atomic E-state index is -1.27. The van der Waals surface area contributed by atoms with Gasteiger partial charge in [0.15, 0.2) is 0 Å². The van der Waals surface area contributed by atoms with Crippen LogP contribution in [0.25, 0.3) is 0 Å². The Kier molecular flexibility index (Phi) is 6.23. The second-order valence-corrected chi connectivity index (χ2v) is 4.67. The lowest BCUT2D eigenvalue weighted by Gasteiger charge is -2.02. The van der Waals surface area contributed by atoms with E-state index in [1.54, 1.807) is 0 Å². The van der Waals surface area contributed by atoms with Crippen molar-refractivity contribution in [2.75, 3.05) is 0 Å². The van der Waals surface area contributed by atoms with Gasteiger partial charge < -0.3 is 21.1 Å². The normalized spacial score (nSPS) is 11.1. The highest BCUT2D eigenvalue weighted by Crippen LogP contribution is 2.21. The zero-order chi connectivity index (χ0) is 15.8. The second-order valence-electron chi connectivity index (χ2n) is 4.67. The zero-order valence-electron chi connectivity index (χ0n) is 11.7. The van der Waals surface area contributed by atoms with Crippen LogP contribution in [0.5, 0.6) is 11.5 Å². The number of carboxylic acid groups (broad SMARTS) is 1. The number of hydrogen-bond donors (Lipinski definition) is 4. The third-order valence-corrected chi connectivity index (χ3v) is 2.61. The van der Waals surface area contributed by atoms with Crippen molar-refractivity contribution in [2.45, 2.75) is 19.4 Å². The Morgan fingerprint density at radius 2 is 1.76 bits per heavy atom. The zero-order valence-corrected chi connectivity index (χ0v) is 11.7. The number of benzene rings is 2. The van der Waals surface area contributed by atoms with Crippen molar-refractivity contribution in [1.82, 2.24) is 0 Å². The molecule has 1 atom stereocenters. The maximum absolute atomic E-state index is 10.3. The molecule has 2 rings (SSSR count). The van der Waals surface area contributed by atoms with Gasteiger partial charge in [0.05, 0.1) is 0 Å². The van der Waals surface area contributed by atoms with Crippen molar-refractivity contribution in [3.63, 3.8) is 0 Å². The first-order valence-electron chi connectivity index (χ1n) is 6.45. The first-order chi connectivity index (χ1) is 9.90. The van der Waals surface area contributed by atoms with E-state index >= 15 is 0 Å². The molecule has 0 radical (unpaired) electrons. The molecule has 0 fully saturated rings. The largest absolute Gasteiger partial charge is 0.508 e. The predicted molar refractivity (Wildman–Crippen MR) is 80.5 cm³/mol. The van der Waals surface area contributed by atoms with Crippen LogP contribution in [0.2, 0.25) is 0 Å². The van der Waals surface area contributed by atoms with E-state index in [0.29, 0.717) is 0 Å². The first kappa shape index (κ1) is 16.5. The molecule has 112 valence electrons. The van der Waals surface area contributed by atoms with Gasteiger partial charge in [-0.05, 0) is 37.1 Å². The van der Waals surface area contributed by atoms with Crippen molar-refractivity contribution >= 4 is 5.97 Å². The minimum absolute atomic E-state index is 0.180.